The molecule has 2 heterocycles. The second-order valence-electron chi connectivity index (χ2n) is 14.5. The highest BCUT2D eigenvalue weighted by Gasteiger charge is 2.25. The number of nitrogens with zero attached hydrogens (tertiary/aromatic N) is 2. The Labute approximate surface area is 330 Å². The molecule has 0 radical (unpaired) electrons. The lowest BCUT2D eigenvalue weighted by Gasteiger charge is -2.31. The number of hydrogen-bond donors (Lipinski definition) is 0. The van der Waals surface area contributed by atoms with Gasteiger partial charge in [0.2, 0.25) is 0 Å². The van der Waals surface area contributed by atoms with Crippen LogP contribution in [0.2, 0.25) is 0 Å². The van der Waals surface area contributed by atoms with E-state index in [-0.39, 0.29) is 0 Å². The molecule has 0 spiro atoms. The quantitative estimate of drug-likeness (QED) is 0.163. The van der Waals surface area contributed by atoms with Gasteiger partial charge in [-0.05, 0) is 76.9 Å². The smallest absolute Gasteiger partial charge is 0.137 e. The molecule has 0 amide bonds. The van der Waals surface area contributed by atoms with Gasteiger partial charge in [0, 0.05) is 38.7 Å². The Hall–Kier alpha value is -7.62. The Morgan fingerprint density at radius 3 is 1.60 bits per heavy atom. The van der Waals surface area contributed by atoms with Gasteiger partial charge in [-0.1, -0.05) is 164 Å². The molecule has 3 heteroatoms. The van der Waals surface area contributed by atoms with Crippen LogP contribution in [-0.2, 0) is 0 Å². The lowest BCUT2D eigenvalue weighted by Crippen LogP contribution is -2.13. The van der Waals surface area contributed by atoms with E-state index in [4.69, 9.17) is 4.42 Å². The zero-order valence-electron chi connectivity index (χ0n) is 31.1. The van der Waals surface area contributed by atoms with E-state index < -0.39 is 0 Å². The molecule has 9 aromatic carbocycles. The van der Waals surface area contributed by atoms with Crippen LogP contribution in [0.3, 0.4) is 0 Å². The molecular weight excluding hydrogens is 693 g/mol. The Morgan fingerprint density at radius 2 is 0.877 bits per heavy atom. The Kier molecular flexibility index (Phi) is 7.82. The van der Waals surface area contributed by atoms with E-state index in [1.54, 1.807) is 0 Å². The molecule has 11 aromatic rings. The summed E-state index contributed by atoms with van der Waals surface area (Å²) in [5.41, 5.74) is 15.4. The Morgan fingerprint density at radius 1 is 0.351 bits per heavy atom. The maximum atomic E-state index is 6.50. The van der Waals surface area contributed by atoms with Crippen LogP contribution in [0.25, 0.3) is 82.8 Å². The van der Waals surface area contributed by atoms with Crippen molar-refractivity contribution >= 4 is 60.8 Å². The maximum absolute atomic E-state index is 6.50. The fraction of sp³-hybridized carbons (Fsp3) is 0. The van der Waals surface area contributed by atoms with Crippen LogP contribution in [0, 0.1) is 0 Å². The third-order valence-electron chi connectivity index (χ3n) is 11.2. The highest BCUT2D eigenvalue weighted by molar-refractivity contribution is 6.17. The van der Waals surface area contributed by atoms with Crippen LogP contribution in [0.15, 0.2) is 223 Å². The third kappa shape index (κ3) is 5.43. The molecule has 0 aliphatic heterocycles. The first-order valence-corrected chi connectivity index (χ1v) is 19.4. The molecule has 0 saturated carbocycles. The van der Waals surface area contributed by atoms with Gasteiger partial charge in [0.1, 0.15) is 11.2 Å². The molecule has 0 fully saturated rings. The van der Waals surface area contributed by atoms with Gasteiger partial charge in [-0.25, -0.2) is 0 Å². The zero-order valence-corrected chi connectivity index (χ0v) is 31.1. The minimum Gasteiger partial charge on any atom is -0.456 e. The topological polar surface area (TPSA) is 21.3 Å². The second kappa shape index (κ2) is 13.6. The normalized spacial score (nSPS) is 11.5. The van der Waals surface area contributed by atoms with E-state index in [0.717, 1.165) is 72.5 Å². The van der Waals surface area contributed by atoms with E-state index in [2.05, 4.69) is 222 Å². The predicted molar refractivity (Wildman–Crippen MR) is 239 cm³/mol. The van der Waals surface area contributed by atoms with Crippen molar-refractivity contribution in [1.29, 1.82) is 0 Å². The van der Waals surface area contributed by atoms with Crippen LogP contribution in [-0.4, -0.2) is 4.57 Å². The van der Waals surface area contributed by atoms with Gasteiger partial charge >= 0.3 is 0 Å². The number of aromatic nitrogens is 1. The van der Waals surface area contributed by atoms with Crippen LogP contribution in [0.4, 0.5) is 17.1 Å². The summed E-state index contributed by atoms with van der Waals surface area (Å²) in [6, 6.07) is 78.1. The second-order valence-corrected chi connectivity index (χ2v) is 14.5. The standard InChI is InChI=1S/C54H36N2O/c1-4-17-37(18-5-1)43-26-14-27-44(38-19-6-2-7-20-38)54(43)56(49-30-16-32-51-53(49)46-24-11-13-31-50(46)57-51)41-35-33-39(34-36-41)42-25-15-29-48-52(42)45-23-10-12-28-47(45)55(48)40-21-8-3-9-22-40/h1-36H. The first-order valence-electron chi connectivity index (χ1n) is 19.4. The lowest BCUT2D eigenvalue weighted by atomic mass is 9.93. The van der Waals surface area contributed by atoms with Crippen molar-refractivity contribution in [3.05, 3.63) is 218 Å². The Bertz CT molecular complexity index is 3160. The first-order chi connectivity index (χ1) is 28.3. The summed E-state index contributed by atoms with van der Waals surface area (Å²) >= 11 is 0. The summed E-state index contributed by atoms with van der Waals surface area (Å²) in [6.07, 6.45) is 0. The van der Waals surface area contributed by atoms with Gasteiger partial charge < -0.3 is 13.9 Å². The van der Waals surface area contributed by atoms with Gasteiger partial charge in [0.05, 0.1) is 27.8 Å². The van der Waals surface area contributed by atoms with E-state index in [0.29, 0.717) is 0 Å². The van der Waals surface area contributed by atoms with E-state index in [9.17, 15) is 0 Å². The zero-order chi connectivity index (χ0) is 37.7. The largest absolute Gasteiger partial charge is 0.456 e. The molecule has 57 heavy (non-hydrogen) atoms. The summed E-state index contributed by atoms with van der Waals surface area (Å²) in [7, 11) is 0. The van der Waals surface area contributed by atoms with Gasteiger partial charge in [0.15, 0.2) is 0 Å². The molecular formula is C54H36N2O. The van der Waals surface area contributed by atoms with Gasteiger partial charge in [0.25, 0.3) is 0 Å². The average Bonchev–Trinajstić information content (AvgIpc) is 3.84. The molecule has 11 rings (SSSR count). The number of rotatable bonds is 7. The number of furan rings is 1. The van der Waals surface area contributed by atoms with Gasteiger partial charge in [-0.2, -0.15) is 0 Å². The van der Waals surface area contributed by atoms with Crippen LogP contribution in [0.1, 0.15) is 0 Å². The van der Waals surface area contributed by atoms with Crippen LogP contribution < -0.4 is 4.90 Å². The fourth-order valence-corrected chi connectivity index (χ4v) is 8.72. The molecule has 0 saturated heterocycles. The van der Waals surface area contributed by atoms with Crippen LogP contribution in [0.5, 0.6) is 0 Å². The summed E-state index contributed by atoms with van der Waals surface area (Å²) < 4.78 is 8.88. The number of anilines is 3. The van der Waals surface area contributed by atoms with E-state index in [1.807, 2.05) is 6.07 Å². The Balaban J connectivity index is 1.17. The van der Waals surface area contributed by atoms with Crippen molar-refractivity contribution in [3.63, 3.8) is 0 Å². The number of hydrogen-bond acceptors (Lipinski definition) is 2. The van der Waals surface area contributed by atoms with E-state index >= 15 is 0 Å². The average molecular weight is 729 g/mol. The van der Waals surface area contributed by atoms with Crippen molar-refractivity contribution in [2.24, 2.45) is 0 Å². The molecule has 0 aliphatic carbocycles. The number of para-hydroxylation sites is 4. The van der Waals surface area contributed by atoms with Crippen molar-refractivity contribution in [3.8, 4) is 39.1 Å². The molecule has 0 N–H and O–H groups in total. The molecule has 2 aromatic heterocycles. The predicted octanol–water partition coefficient (Wildman–Crippen LogP) is 15.2. The van der Waals surface area contributed by atoms with Gasteiger partial charge in [-0.3, -0.25) is 0 Å². The monoisotopic (exact) mass is 728 g/mol. The number of benzene rings is 9. The van der Waals surface area contributed by atoms with Crippen molar-refractivity contribution in [2.75, 3.05) is 4.90 Å². The van der Waals surface area contributed by atoms with Crippen LogP contribution >= 0.6 is 0 Å². The first kappa shape index (κ1) is 32.8. The minimum absolute atomic E-state index is 0.857. The van der Waals surface area contributed by atoms with Gasteiger partial charge in [-0.15, -0.1) is 0 Å². The van der Waals surface area contributed by atoms with Crippen molar-refractivity contribution in [1.82, 2.24) is 4.57 Å². The highest BCUT2D eigenvalue weighted by Crippen LogP contribution is 2.50. The summed E-state index contributed by atoms with van der Waals surface area (Å²) in [5.74, 6) is 0. The summed E-state index contributed by atoms with van der Waals surface area (Å²) in [6.45, 7) is 0. The molecule has 0 bridgehead atoms. The third-order valence-corrected chi connectivity index (χ3v) is 11.2. The molecule has 0 unspecified atom stereocenters. The SMILES string of the molecule is c1ccc(-c2cccc(-c3ccccc3)c2N(c2ccc(-c3cccc4c3c3ccccc3n4-c3ccccc3)cc2)c2cccc3oc4ccccc4c23)cc1. The summed E-state index contributed by atoms with van der Waals surface area (Å²) in [4.78, 5) is 2.45. The van der Waals surface area contributed by atoms with Crippen molar-refractivity contribution in [2.45, 2.75) is 0 Å². The molecule has 0 aliphatic rings. The molecule has 3 nitrogen and oxygen atoms in total. The lowest BCUT2D eigenvalue weighted by molar-refractivity contribution is 0.669. The molecule has 268 valence electrons. The highest BCUT2D eigenvalue weighted by atomic mass is 16.3. The van der Waals surface area contributed by atoms with Crippen molar-refractivity contribution < 1.29 is 4.42 Å². The number of fused-ring (bicyclic) bond motifs is 6. The maximum Gasteiger partial charge on any atom is 0.137 e. The molecule has 0 atom stereocenters. The van der Waals surface area contributed by atoms with E-state index in [1.165, 1.54) is 27.4 Å². The summed E-state index contributed by atoms with van der Waals surface area (Å²) in [5, 5.41) is 4.65. The fourth-order valence-electron chi connectivity index (χ4n) is 8.72. The minimum atomic E-state index is 0.857.